The van der Waals surface area contributed by atoms with Gasteiger partial charge in [0, 0.05) is 37.1 Å². The third kappa shape index (κ3) is 3.06. The Bertz CT molecular complexity index is 880. The fourth-order valence-corrected chi connectivity index (χ4v) is 2.92. The van der Waals surface area contributed by atoms with Crippen LogP contribution in [0.2, 0.25) is 0 Å². The molecule has 26 heavy (non-hydrogen) atoms. The molecular formula is C18H19N5O3. The molecule has 8 nitrogen and oxygen atoms in total. The van der Waals surface area contributed by atoms with Crippen molar-refractivity contribution in [1.82, 2.24) is 24.6 Å². The van der Waals surface area contributed by atoms with Crippen molar-refractivity contribution in [2.75, 3.05) is 33.4 Å². The van der Waals surface area contributed by atoms with Gasteiger partial charge in [-0.3, -0.25) is 4.79 Å². The first-order valence-electron chi connectivity index (χ1n) is 8.37. The smallest absolute Gasteiger partial charge is 0.274 e. The van der Waals surface area contributed by atoms with Crippen LogP contribution in [0.15, 0.2) is 42.9 Å². The number of pyridine rings is 1. The first-order chi connectivity index (χ1) is 12.8. The molecule has 134 valence electrons. The number of ether oxygens (including phenoxy) is 2. The lowest BCUT2D eigenvalue weighted by Crippen LogP contribution is -2.40. The van der Waals surface area contributed by atoms with Crippen LogP contribution in [-0.4, -0.2) is 64.0 Å². The Balaban J connectivity index is 1.74. The summed E-state index contributed by atoms with van der Waals surface area (Å²) in [6.45, 7) is 2.27. The maximum Gasteiger partial charge on any atom is 0.274 e. The topological polar surface area (TPSA) is 85.3 Å². The summed E-state index contributed by atoms with van der Waals surface area (Å²) in [5.41, 5.74) is 2.91. The molecule has 0 spiro atoms. The Morgan fingerprint density at radius 1 is 1.27 bits per heavy atom. The van der Waals surface area contributed by atoms with Crippen LogP contribution in [-0.2, 0) is 4.74 Å². The van der Waals surface area contributed by atoms with Crippen LogP contribution < -0.4 is 4.74 Å². The molecule has 1 fully saturated rings. The summed E-state index contributed by atoms with van der Waals surface area (Å²) in [5.74, 6) is 0.430. The van der Waals surface area contributed by atoms with Gasteiger partial charge in [0.1, 0.15) is 0 Å². The minimum Gasteiger partial charge on any atom is -0.481 e. The average Bonchev–Trinajstić information content (AvgIpc) is 3.38. The van der Waals surface area contributed by atoms with Crippen molar-refractivity contribution in [3.8, 4) is 22.8 Å². The number of methoxy groups -OCH3 is 1. The largest absolute Gasteiger partial charge is 0.481 e. The van der Waals surface area contributed by atoms with E-state index in [1.807, 2.05) is 30.6 Å². The van der Waals surface area contributed by atoms with Gasteiger partial charge in [0.2, 0.25) is 5.88 Å². The van der Waals surface area contributed by atoms with Gasteiger partial charge in [-0.05, 0) is 18.2 Å². The SMILES string of the molecule is COc1ccc(-n2nc(C(=O)N3CCOCC3)cc2-c2cc[nH]c2)cn1. The molecule has 0 aromatic carbocycles. The van der Waals surface area contributed by atoms with Crippen molar-refractivity contribution in [3.05, 3.63) is 48.5 Å². The number of H-pyrrole nitrogens is 1. The lowest BCUT2D eigenvalue weighted by atomic mass is 10.2. The summed E-state index contributed by atoms with van der Waals surface area (Å²) in [6.07, 6.45) is 5.38. The van der Waals surface area contributed by atoms with Gasteiger partial charge in [0.25, 0.3) is 5.91 Å². The standard InChI is InChI=1S/C18H19N5O3/c1-25-17-3-2-14(12-20-17)23-16(13-4-5-19-11-13)10-15(21-23)18(24)22-6-8-26-9-7-22/h2-5,10-12,19H,6-9H2,1H3. The van der Waals surface area contributed by atoms with Gasteiger partial charge in [0.05, 0.1) is 37.9 Å². The summed E-state index contributed by atoms with van der Waals surface area (Å²) in [5, 5.41) is 4.56. The summed E-state index contributed by atoms with van der Waals surface area (Å²) < 4.78 is 12.2. The van der Waals surface area contributed by atoms with Gasteiger partial charge < -0.3 is 19.4 Å². The van der Waals surface area contributed by atoms with Crippen molar-refractivity contribution < 1.29 is 14.3 Å². The highest BCUT2D eigenvalue weighted by Gasteiger charge is 2.23. The third-order valence-corrected chi connectivity index (χ3v) is 4.29. The number of rotatable bonds is 4. The van der Waals surface area contributed by atoms with E-state index in [1.54, 1.807) is 29.0 Å². The third-order valence-electron chi connectivity index (χ3n) is 4.29. The predicted molar refractivity (Wildman–Crippen MR) is 94.4 cm³/mol. The van der Waals surface area contributed by atoms with Gasteiger partial charge in [-0.15, -0.1) is 0 Å². The number of aromatic amines is 1. The molecule has 1 saturated heterocycles. The molecule has 1 aliphatic heterocycles. The molecule has 3 aromatic heterocycles. The Morgan fingerprint density at radius 3 is 2.77 bits per heavy atom. The minimum absolute atomic E-state index is 0.0923. The number of hydrogen-bond donors (Lipinski definition) is 1. The van der Waals surface area contributed by atoms with E-state index in [4.69, 9.17) is 9.47 Å². The van der Waals surface area contributed by atoms with E-state index in [1.165, 1.54) is 0 Å². The van der Waals surface area contributed by atoms with Crippen molar-refractivity contribution in [3.63, 3.8) is 0 Å². The molecule has 1 aliphatic rings. The molecule has 0 radical (unpaired) electrons. The maximum absolute atomic E-state index is 12.8. The monoisotopic (exact) mass is 353 g/mol. The van der Waals surface area contributed by atoms with Crippen LogP contribution >= 0.6 is 0 Å². The molecule has 4 heterocycles. The molecule has 4 rings (SSSR count). The second-order valence-electron chi connectivity index (χ2n) is 5.89. The van der Waals surface area contributed by atoms with E-state index in [0.29, 0.717) is 37.9 Å². The van der Waals surface area contributed by atoms with Gasteiger partial charge in [-0.1, -0.05) is 0 Å². The summed E-state index contributed by atoms with van der Waals surface area (Å²) in [4.78, 5) is 21.9. The fraction of sp³-hybridized carbons (Fsp3) is 0.278. The number of morpholine rings is 1. The van der Waals surface area contributed by atoms with Crippen molar-refractivity contribution in [2.45, 2.75) is 0 Å². The number of nitrogens with one attached hydrogen (secondary N) is 1. The van der Waals surface area contributed by atoms with Gasteiger partial charge in [-0.2, -0.15) is 5.10 Å². The zero-order chi connectivity index (χ0) is 17.9. The Kier molecular flexibility index (Phi) is 4.40. The van der Waals surface area contributed by atoms with Crippen LogP contribution in [0.1, 0.15) is 10.5 Å². The summed E-state index contributed by atoms with van der Waals surface area (Å²) in [7, 11) is 1.57. The van der Waals surface area contributed by atoms with E-state index >= 15 is 0 Å². The molecule has 0 aliphatic carbocycles. The van der Waals surface area contributed by atoms with E-state index in [2.05, 4.69) is 15.1 Å². The van der Waals surface area contributed by atoms with Gasteiger partial charge in [0.15, 0.2) is 5.69 Å². The van der Waals surface area contributed by atoms with Crippen molar-refractivity contribution in [2.24, 2.45) is 0 Å². The lowest BCUT2D eigenvalue weighted by molar-refractivity contribution is 0.0298. The maximum atomic E-state index is 12.8. The molecule has 0 unspecified atom stereocenters. The number of carbonyl (C=O) groups is 1. The van der Waals surface area contributed by atoms with Crippen LogP contribution in [0.25, 0.3) is 16.9 Å². The van der Waals surface area contributed by atoms with E-state index in [0.717, 1.165) is 16.9 Å². The zero-order valence-corrected chi connectivity index (χ0v) is 14.4. The highest BCUT2D eigenvalue weighted by molar-refractivity contribution is 5.93. The van der Waals surface area contributed by atoms with Crippen LogP contribution in [0.3, 0.4) is 0 Å². The van der Waals surface area contributed by atoms with E-state index < -0.39 is 0 Å². The Morgan fingerprint density at radius 2 is 2.12 bits per heavy atom. The zero-order valence-electron chi connectivity index (χ0n) is 14.4. The fourth-order valence-electron chi connectivity index (χ4n) is 2.92. The number of amides is 1. The molecular weight excluding hydrogens is 334 g/mol. The first kappa shape index (κ1) is 16.3. The Labute approximate surface area is 150 Å². The minimum atomic E-state index is -0.0923. The van der Waals surface area contributed by atoms with E-state index in [9.17, 15) is 4.79 Å². The second kappa shape index (κ2) is 7.01. The van der Waals surface area contributed by atoms with Crippen LogP contribution in [0.5, 0.6) is 5.88 Å². The molecule has 1 amide bonds. The number of carbonyl (C=O) groups excluding carboxylic acids is 1. The van der Waals surface area contributed by atoms with Gasteiger partial charge >= 0.3 is 0 Å². The van der Waals surface area contributed by atoms with Crippen molar-refractivity contribution in [1.29, 1.82) is 0 Å². The molecule has 1 N–H and O–H groups in total. The number of hydrogen-bond acceptors (Lipinski definition) is 5. The molecule has 0 saturated carbocycles. The average molecular weight is 353 g/mol. The molecule has 8 heteroatoms. The molecule has 3 aromatic rings. The summed E-state index contributed by atoms with van der Waals surface area (Å²) >= 11 is 0. The number of nitrogens with zero attached hydrogens (tertiary/aromatic N) is 4. The van der Waals surface area contributed by atoms with Crippen LogP contribution in [0.4, 0.5) is 0 Å². The first-order valence-corrected chi connectivity index (χ1v) is 8.37. The second-order valence-corrected chi connectivity index (χ2v) is 5.89. The molecule has 0 atom stereocenters. The van der Waals surface area contributed by atoms with Crippen LogP contribution in [0, 0.1) is 0 Å². The predicted octanol–water partition coefficient (Wildman–Crippen LogP) is 1.74. The van der Waals surface area contributed by atoms with E-state index in [-0.39, 0.29) is 5.91 Å². The normalized spacial score (nSPS) is 14.4. The Hall–Kier alpha value is -3.13. The summed E-state index contributed by atoms with van der Waals surface area (Å²) in [6, 6.07) is 7.37. The highest BCUT2D eigenvalue weighted by atomic mass is 16.5. The van der Waals surface area contributed by atoms with Gasteiger partial charge in [-0.25, -0.2) is 9.67 Å². The lowest BCUT2D eigenvalue weighted by Gasteiger charge is -2.25. The molecule has 0 bridgehead atoms. The highest BCUT2D eigenvalue weighted by Crippen LogP contribution is 2.25. The quantitative estimate of drug-likeness (QED) is 0.772. The number of aromatic nitrogens is 4. The van der Waals surface area contributed by atoms with Crippen molar-refractivity contribution >= 4 is 5.91 Å².